The number of hydrogen-bond donors (Lipinski definition) is 1. The van der Waals surface area contributed by atoms with Gasteiger partial charge in [0.15, 0.2) is 0 Å². The lowest BCUT2D eigenvalue weighted by atomic mass is 9.76. The van der Waals surface area contributed by atoms with Crippen LogP contribution in [-0.2, 0) is 0 Å². The van der Waals surface area contributed by atoms with Crippen LogP contribution < -0.4 is 5.32 Å². The van der Waals surface area contributed by atoms with E-state index in [0.717, 1.165) is 24.8 Å². The zero-order valence-electron chi connectivity index (χ0n) is 12.1. The van der Waals surface area contributed by atoms with Gasteiger partial charge in [-0.1, -0.05) is 52.2 Å². The van der Waals surface area contributed by atoms with Gasteiger partial charge in [-0.2, -0.15) is 0 Å². The van der Waals surface area contributed by atoms with Crippen LogP contribution in [0.1, 0.15) is 65.7 Å². The third-order valence-corrected chi connectivity index (χ3v) is 4.51. The topological polar surface area (TPSA) is 12.0 Å². The monoisotopic (exact) mass is 237 g/mol. The van der Waals surface area contributed by atoms with Crippen LogP contribution in [0.5, 0.6) is 0 Å². The molecule has 1 nitrogen and oxygen atoms in total. The van der Waals surface area contributed by atoms with Crippen molar-refractivity contribution in [1.82, 2.24) is 5.32 Å². The van der Waals surface area contributed by atoms with Gasteiger partial charge in [0.2, 0.25) is 0 Å². The Balaban J connectivity index is 2.44. The van der Waals surface area contributed by atoms with E-state index in [1.165, 1.54) is 44.1 Å². The second-order valence-corrected chi connectivity index (χ2v) is 5.66. The molecule has 0 bridgehead atoms. The van der Waals surface area contributed by atoms with Crippen LogP contribution in [0.15, 0.2) is 12.2 Å². The van der Waals surface area contributed by atoms with Gasteiger partial charge < -0.3 is 5.32 Å². The zero-order valence-corrected chi connectivity index (χ0v) is 12.1. The summed E-state index contributed by atoms with van der Waals surface area (Å²) in [6.07, 6.45) is 9.43. The van der Waals surface area contributed by atoms with E-state index >= 15 is 0 Å². The first-order valence-corrected chi connectivity index (χ1v) is 7.61. The molecule has 0 aliphatic heterocycles. The van der Waals surface area contributed by atoms with Gasteiger partial charge in [0.05, 0.1) is 0 Å². The summed E-state index contributed by atoms with van der Waals surface area (Å²) in [7, 11) is 0. The summed E-state index contributed by atoms with van der Waals surface area (Å²) in [4.78, 5) is 0. The molecule has 0 heterocycles. The van der Waals surface area contributed by atoms with Crippen molar-refractivity contribution in [2.75, 3.05) is 6.54 Å². The Bertz CT molecular complexity index is 214. The highest BCUT2D eigenvalue weighted by Crippen LogP contribution is 2.34. The van der Waals surface area contributed by atoms with Crippen molar-refractivity contribution in [2.45, 2.75) is 71.8 Å². The fraction of sp³-hybridized carbons (Fsp3) is 0.875. The minimum Gasteiger partial charge on any atom is -0.314 e. The maximum Gasteiger partial charge on any atom is 0.0132 e. The third kappa shape index (κ3) is 4.83. The van der Waals surface area contributed by atoms with Gasteiger partial charge in [0, 0.05) is 6.04 Å². The molecule has 17 heavy (non-hydrogen) atoms. The SMILES string of the molecule is C=C(CC)CC(NCC)C1CCC(CC)CC1. The van der Waals surface area contributed by atoms with E-state index in [0.29, 0.717) is 6.04 Å². The molecular weight excluding hydrogens is 206 g/mol. The Hall–Kier alpha value is -0.300. The lowest BCUT2D eigenvalue weighted by molar-refractivity contribution is 0.217. The molecule has 0 radical (unpaired) electrons. The molecule has 0 spiro atoms. The molecule has 1 rings (SSSR count). The molecule has 1 saturated carbocycles. The fourth-order valence-electron chi connectivity index (χ4n) is 3.12. The quantitative estimate of drug-likeness (QED) is 0.641. The first-order chi connectivity index (χ1) is 8.21. The van der Waals surface area contributed by atoms with Crippen molar-refractivity contribution in [2.24, 2.45) is 11.8 Å². The largest absolute Gasteiger partial charge is 0.314 e. The minimum atomic E-state index is 0.685. The van der Waals surface area contributed by atoms with Crippen LogP contribution in [0, 0.1) is 11.8 Å². The summed E-state index contributed by atoms with van der Waals surface area (Å²) in [5, 5.41) is 3.69. The number of hydrogen-bond acceptors (Lipinski definition) is 1. The second-order valence-electron chi connectivity index (χ2n) is 5.66. The molecule has 0 aromatic rings. The Labute approximate surface area is 108 Å². The van der Waals surface area contributed by atoms with E-state index in [1.807, 2.05) is 0 Å². The molecule has 1 N–H and O–H groups in total. The van der Waals surface area contributed by atoms with Gasteiger partial charge in [-0.3, -0.25) is 0 Å². The Kier molecular flexibility index (Phi) is 6.87. The summed E-state index contributed by atoms with van der Waals surface area (Å²) in [5.74, 6) is 1.89. The Morgan fingerprint density at radius 1 is 1.18 bits per heavy atom. The third-order valence-electron chi connectivity index (χ3n) is 4.51. The lowest BCUT2D eigenvalue weighted by Gasteiger charge is -2.34. The van der Waals surface area contributed by atoms with Crippen molar-refractivity contribution in [3.63, 3.8) is 0 Å². The van der Waals surface area contributed by atoms with Gasteiger partial charge >= 0.3 is 0 Å². The molecule has 1 unspecified atom stereocenters. The van der Waals surface area contributed by atoms with Crippen LogP contribution in [-0.4, -0.2) is 12.6 Å². The number of rotatable bonds is 7. The molecular formula is C16H31N. The van der Waals surface area contributed by atoms with Crippen molar-refractivity contribution in [1.29, 1.82) is 0 Å². The molecule has 0 aromatic carbocycles. The van der Waals surface area contributed by atoms with Gasteiger partial charge in [-0.05, 0) is 44.1 Å². The fourth-order valence-corrected chi connectivity index (χ4v) is 3.12. The summed E-state index contributed by atoms with van der Waals surface area (Å²) in [6.45, 7) is 12.1. The predicted octanol–water partition coefficient (Wildman–Crippen LogP) is 4.54. The van der Waals surface area contributed by atoms with E-state index in [2.05, 4.69) is 32.7 Å². The van der Waals surface area contributed by atoms with Crippen LogP contribution in [0.25, 0.3) is 0 Å². The molecule has 1 heteroatoms. The molecule has 1 aliphatic rings. The Morgan fingerprint density at radius 3 is 2.29 bits per heavy atom. The van der Waals surface area contributed by atoms with E-state index < -0.39 is 0 Å². The first-order valence-electron chi connectivity index (χ1n) is 7.61. The van der Waals surface area contributed by atoms with Crippen molar-refractivity contribution in [3.05, 3.63) is 12.2 Å². The molecule has 0 aromatic heterocycles. The van der Waals surface area contributed by atoms with Crippen LogP contribution >= 0.6 is 0 Å². The molecule has 0 amide bonds. The second kappa shape index (κ2) is 7.92. The van der Waals surface area contributed by atoms with Gasteiger partial charge in [-0.25, -0.2) is 0 Å². The van der Waals surface area contributed by atoms with Crippen molar-refractivity contribution in [3.8, 4) is 0 Å². The van der Waals surface area contributed by atoms with E-state index in [1.54, 1.807) is 0 Å². The van der Waals surface area contributed by atoms with Crippen LogP contribution in [0.2, 0.25) is 0 Å². The highest BCUT2D eigenvalue weighted by molar-refractivity contribution is 4.98. The van der Waals surface area contributed by atoms with E-state index in [9.17, 15) is 0 Å². The highest BCUT2D eigenvalue weighted by atomic mass is 14.9. The molecule has 100 valence electrons. The Morgan fingerprint density at radius 2 is 1.82 bits per heavy atom. The highest BCUT2D eigenvalue weighted by Gasteiger charge is 2.26. The van der Waals surface area contributed by atoms with Crippen molar-refractivity contribution >= 4 is 0 Å². The number of nitrogens with one attached hydrogen (secondary N) is 1. The maximum atomic E-state index is 4.18. The summed E-state index contributed by atoms with van der Waals surface area (Å²) < 4.78 is 0. The average Bonchev–Trinajstić information content (AvgIpc) is 2.38. The van der Waals surface area contributed by atoms with E-state index in [4.69, 9.17) is 0 Å². The van der Waals surface area contributed by atoms with Crippen molar-refractivity contribution < 1.29 is 0 Å². The van der Waals surface area contributed by atoms with Crippen LogP contribution in [0.3, 0.4) is 0 Å². The first kappa shape index (κ1) is 14.8. The summed E-state index contributed by atoms with van der Waals surface area (Å²) >= 11 is 0. The molecule has 1 atom stereocenters. The summed E-state index contributed by atoms with van der Waals surface area (Å²) in [5.41, 5.74) is 1.41. The standard InChI is InChI=1S/C16H31N/c1-5-13(4)12-16(17-7-3)15-10-8-14(6-2)9-11-15/h14-17H,4-12H2,1-3H3. The zero-order chi connectivity index (χ0) is 12.7. The molecule has 0 saturated heterocycles. The van der Waals surface area contributed by atoms with Crippen LogP contribution in [0.4, 0.5) is 0 Å². The van der Waals surface area contributed by atoms with Gasteiger partial charge in [0.25, 0.3) is 0 Å². The summed E-state index contributed by atoms with van der Waals surface area (Å²) in [6, 6.07) is 0.685. The predicted molar refractivity (Wildman–Crippen MR) is 77.3 cm³/mol. The molecule has 1 aliphatic carbocycles. The van der Waals surface area contributed by atoms with E-state index in [-0.39, 0.29) is 0 Å². The van der Waals surface area contributed by atoms with Gasteiger partial charge in [0.1, 0.15) is 0 Å². The maximum absolute atomic E-state index is 4.18. The smallest absolute Gasteiger partial charge is 0.0132 e. The lowest BCUT2D eigenvalue weighted by Crippen LogP contribution is -2.38. The normalized spacial score (nSPS) is 26.8. The minimum absolute atomic E-state index is 0.685. The average molecular weight is 237 g/mol. The van der Waals surface area contributed by atoms with Gasteiger partial charge in [-0.15, -0.1) is 0 Å². The molecule has 1 fully saturated rings.